The number of likely N-dealkylation sites (tertiary alicyclic amines) is 1. The highest BCUT2D eigenvalue weighted by Crippen LogP contribution is 2.28. The van der Waals surface area contributed by atoms with Crippen LogP contribution in [0.1, 0.15) is 38.3 Å². The van der Waals surface area contributed by atoms with E-state index in [2.05, 4.69) is 20.4 Å². The Morgan fingerprint density at radius 2 is 1.94 bits per heavy atom. The van der Waals surface area contributed by atoms with Gasteiger partial charge in [0.1, 0.15) is 11.9 Å². The number of hydrogen-bond donors (Lipinski definition) is 3. The summed E-state index contributed by atoms with van der Waals surface area (Å²) in [7, 11) is 0. The number of halogens is 2. The lowest BCUT2D eigenvalue weighted by molar-refractivity contribution is 0.0947. The molecule has 4 rings (SSSR count). The number of carbonyl (C=O) groups is 2. The van der Waals surface area contributed by atoms with E-state index in [1.807, 2.05) is 4.90 Å². The number of benzene rings is 1. The second kappa shape index (κ2) is 9.74. The first-order valence-corrected chi connectivity index (χ1v) is 11.1. The summed E-state index contributed by atoms with van der Waals surface area (Å²) in [6, 6.07) is 3.28. The maximum Gasteiger partial charge on any atom is 0.251 e. The third-order valence-corrected chi connectivity index (χ3v) is 5.91. The number of anilines is 1. The number of aryl methyl sites for hydroxylation is 2. The first-order valence-electron chi connectivity index (χ1n) is 11.1. The van der Waals surface area contributed by atoms with E-state index < -0.39 is 18.0 Å². The highest BCUT2D eigenvalue weighted by atomic mass is 19.1. The van der Waals surface area contributed by atoms with Gasteiger partial charge in [0.2, 0.25) is 5.95 Å². The third-order valence-electron chi connectivity index (χ3n) is 5.91. The zero-order valence-electron chi connectivity index (χ0n) is 19.4. The van der Waals surface area contributed by atoms with Crippen LogP contribution in [-0.2, 0) is 0 Å². The predicted molar refractivity (Wildman–Crippen MR) is 125 cm³/mol. The number of carbonyl (C=O) groups excluding carboxylic acids is 2. The number of nitrogens with two attached hydrogens (primary N) is 2. The molecule has 1 aromatic carbocycles. The van der Waals surface area contributed by atoms with Crippen LogP contribution in [0.4, 0.5) is 14.6 Å². The van der Waals surface area contributed by atoms with E-state index in [1.54, 1.807) is 26.0 Å². The van der Waals surface area contributed by atoms with Crippen LogP contribution in [0.5, 0.6) is 0 Å². The first kappa shape index (κ1) is 24.2. The Morgan fingerprint density at radius 1 is 1.23 bits per heavy atom. The number of amides is 2. The second-order valence-corrected chi connectivity index (χ2v) is 8.54. The smallest absolute Gasteiger partial charge is 0.251 e. The average Bonchev–Trinajstić information content (AvgIpc) is 3.43. The van der Waals surface area contributed by atoms with Gasteiger partial charge in [-0.05, 0) is 43.5 Å². The Hall–Kier alpha value is -3.93. The molecule has 3 heterocycles. The lowest BCUT2D eigenvalue weighted by Crippen LogP contribution is -2.34. The van der Waals surface area contributed by atoms with Gasteiger partial charge in [-0.25, -0.2) is 14.1 Å². The Balaban J connectivity index is 1.57. The molecule has 0 unspecified atom stereocenters. The number of aromatic nitrogens is 4. The van der Waals surface area contributed by atoms with Gasteiger partial charge in [0.15, 0.2) is 11.6 Å². The van der Waals surface area contributed by atoms with Gasteiger partial charge in [-0.1, -0.05) is 0 Å². The zero-order valence-corrected chi connectivity index (χ0v) is 19.4. The summed E-state index contributed by atoms with van der Waals surface area (Å²) in [5.74, 6) is -2.02. The lowest BCUT2D eigenvalue weighted by Gasteiger charge is -2.17. The van der Waals surface area contributed by atoms with E-state index >= 15 is 0 Å². The second-order valence-electron chi connectivity index (χ2n) is 8.54. The highest BCUT2D eigenvalue weighted by Gasteiger charge is 2.22. The van der Waals surface area contributed by atoms with Crippen molar-refractivity contribution < 1.29 is 18.4 Å². The molecule has 1 fully saturated rings. The monoisotopic (exact) mass is 484 g/mol. The predicted octanol–water partition coefficient (Wildman–Crippen LogP) is 1.54. The van der Waals surface area contributed by atoms with E-state index in [0.717, 1.165) is 0 Å². The van der Waals surface area contributed by atoms with Crippen LogP contribution >= 0.6 is 0 Å². The van der Waals surface area contributed by atoms with Gasteiger partial charge in [0.25, 0.3) is 11.8 Å². The van der Waals surface area contributed by atoms with Crippen molar-refractivity contribution in [1.29, 1.82) is 0 Å². The molecule has 1 aliphatic rings. The fraction of sp³-hybridized carbons (Fsp3) is 0.348. The summed E-state index contributed by atoms with van der Waals surface area (Å²) < 4.78 is 29.3. The van der Waals surface area contributed by atoms with Gasteiger partial charge in [-0.2, -0.15) is 14.5 Å². The minimum absolute atomic E-state index is 0.0310. The molecule has 3 aromatic rings. The molecule has 0 radical (unpaired) electrons. The molecule has 35 heavy (non-hydrogen) atoms. The molecule has 184 valence electrons. The van der Waals surface area contributed by atoms with Crippen LogP contribution in [0, 0.1) is 19.8 Å². The van der Waals surface area contributed by atoms with Crippen molar-refractivity contribution in [2.75, 3.05) is 31.9 Å². The number of nitrogens with one attached hydrogen (secondary N) is 1. The molecule has 0 aliphatic carbocycles. The summed E-state index contributed by atoms with van der Waals surface area (Å²) in [6.07, 6.45) is 2.28. The maximum absolute atomic E-state index is 14.8. The fourth-order valence-electron chi connectivity index (χ4n) is 4.20. The minimum Gasteiger partial charge on any atom is -0.380 e. The quantitative estimate of drug-likeness (QED) is 0.461. The van der Waals surface area contributed by atoms with Gasteiger partial charge < -0.3 is 16.8 Å². The standard InChI is InChI=1S/C23H26F2N8O2/c1-12-7-14(8-13(2)17(12)23(35)28-4-6-32-5-3-16(24)11-32)18-19(25)31-20(26)22(30-18)33-10-15(9-29-33)21(27)34/h7-10,16H,3-6,11H2,1-2H3,(H2,26,31)(H2,27,34)(H,28,35)/t16-/m1/s1. The summed E-state index contributed by atoms with van der Waals surface area (Å²) in [4.78, 5) is 34.2. The van der Waals surface area contributed by atoms with E-state index in [4.69, 9.17) is 11.5 Å². The van der Waals surface area contributed by atoms with Crippen LogP contribution in [-0.4, -0.2) is 68.8 Å². The first-order chi connectivity index (χ1) is 16.6. The van der Waals surface area contributed by atoms with Crippen molar-refractivity contribution >= 4 is 17.6 Å². The highest BCUT2D eigenvalue weighted by molar-refractivity contribution is 5.97. The van der Waals surface area contributed by atoms with E-state index in [9.17, 15) is 18.4 Å². The van der Waals surface area contributed by atoms with Crippen LogP contribution in [0.3, 0.4) is 0 Å². The van der Waals surface area contributed by atoms with E-state index in [0.29, 0.717) is 54.9 Å². The average molecular weight is 485 g/mol. The Morgan fingerprint density at radius 3 is 2.54 bits per heavy atom. The Kier molecular flexibility index (Phi) is 6.74. The molecular weight excluding hydrogens is 458 g/mol. The molecule has 0 spiro atoms. The van der Waals surface area contributed by atoms with Crippen LogP contribution in [0.2, 0.25) is 0 Å². The number of nitrogens with zero attached hydrogens (tertiary/aromatic N) is 5. The van der Waals surface area contributed by atoms with Crippen molar-refractivity contribution in [1.82, 2.24) is 30.0 Å². The molecule has 1 saturated heterocycles. The van der Waals surface area contributed by atoms with Crippen molar-refractivity contribution in [2.45, 2.75) is 26.4 Å². The maximum atomic E-state index is 14.8. The van der Waals surface area contributed by atoms with Gasteiger partial charge in [-0.3, -0.25) is 14.5 Å². The van der Waals surface area contributed by atoms with Gasteiger partial charge in [-0.15, -0.1) is 0 Å². The van der Waals surface area contributed by atoms with Crippen molar-refractivity contribution in [2.24, 2.45) is 5.73 Å². The number of rotatable bonds is 7. The van der Waals surface area contributed by atoms with Gasteiger partial charge in [0.05, 0.1) is 11.8 Å². The topological polar surface area (TPSA) is 145 Å². The molecule has 10 nitrogen and oxygen atoms in total. The summed E-state index contributed by atoms with van der Waals surface area (Å²) in [5.41, 5.74) is 13.3. The fourth-order valence-corrected chi connectivity index (χ4v) is 4.20. The zero-order chi connectivity index (χ0) is 25.3. The Labute approximate surface area is 200 Å². The largest absolute Gasteiger partial charge is 0.380 e. The number of alkyl halides is 1. The summed E-state index contributed by atoms with van der Waals surface area (Å²) in [6.45, 7) is 5.53. The molecule has 0 bridgehead atoms. The van der Waals surface area contributed by atoms with Gasteiger partial charge in [0, 0.05) is 43.5 Å². The number of hydrogen-bond acceptors (Lipinski definition) is 7. The normalized spacial score (nSPS) is 15.9. The van der Waals surface area contributed by atoms with Crippen LogP contribution in [0.15, 0.2) is 24.5 Å². The van der Waals surface area contributed by atoms with E-state index in [-0.39, 0.29) is 28.8 Å². The molecule has 0 saturated carbocycles. The minimum atomic E-state index is -0.888. The lowest BCUT2D eigenvalue weighted by atomic mass is 9.97. The third kappa shape index (κ3) is 5.11. The summed E-state index contributed by atoms with van der Waals surface area (Å²) >= 11 is 0. The number of nitrogen functional groups attached to an aromatic ring is 1. The molecule has 2 aromatic heterocycles. The molecule has 2 amide bonds. The van der Waals surface area contributed by atoms with Gasteiger partial charge >= 0.3 is 0 Å². The molecule has 12 heteroatoms. The molecule has 1 aliphatic heterocycles. The van der Waals surface area contributed by atoms with Crippen molar-refractivity contribution in [3.63, 3.8) is 0 Å². The van der Waals surface area contributed by atoms with Crippen molar-refractivity contribution in [3.8, 4) is 17.1 Å². The van der Waals surface area contributed by atoms with E-state index in [1.165, 1.54) is 17.1 Å². The molecule has 1 atom stereocenters. The SMILES string of the molecule is Cc1cc(-c2nc(-n3cc(C(N)=O)cn3)c(N)nc2F)cc(C)c1C(=O)NCCN1CC[C@@H](F)C1. The van der Waals surface area contributed by atoms with Crippen LogP contribution in [0.25, 0.3) is 17.1 Å². The molecule has 5 N–H and O–H groups in total. The molecular formula is C23H26F2N8O2. The summed E-state index contributed by atoms with van der Waals surface area (Å²) in [5, 5.41) is 6.87. The van der Waals surface area contributed by atoms with Crippen LogP contribution < -0.4 is 16.8 Å². The number of primary amides is 1. The van der Waals surface area contributed by atoms with Crippen molar-refractivity contribution in [3.05, 3.63) is 52.7 Å². The Bertz CT molecular complexity index is 1270.